The number of hydrogen-bond acceptors (Lipinski definition) is 11. The lowest BCUT2D eigenvalue weighted by molar-refractivity contribution is -0.386. The molecule has 0 spiro atoms. The number of carbonyl (C=O) groups is 1. The van der Waals surface area contributed by atoms with Crippen molar-refractivity contribution in [3.05, 3.63) is 117 Å². The van der Waals surface area contributed by atoms with Crippen LogP contribution in [0.4, 0.5) is 11.4 Å². The number of nitriles is 1. The van der Waals surface area contributed by atoms with Crippen LogP contribution in [0.25, 0.3) is 16.6 Å². The Morgan fingerprint density at radius 1 is 1.12 bits per heavy atom. The quantitative estimate of drug-likeness (QED) is 0.0963. The minimum Gasteiger partial charge on any atom is -0.493 e. The number of rotatable bonds is 11. The molecule has 2 N–H and O–H groups in total. The number of sulfonamides is 1. The number of pyridine rings is 1. The molecule has 1 amide bonds. The molecule has 1 fully saturated rings. The Labute approximate surface area is 353 Å². The molecule has 0 radical (unpaired) electrons. The van der Waals surface area contributed by atoms with E-state index in [1.54, 1.807) is 24.4 Å². The standard InChI is InChI=1S/C44H44ClN7O7S/c1-44(2)12-9-31(38(24-44)29-3-5-32(45)6-4-29)26-50-15-17-51(18-16-50)33-7-8-36(41(21-33)59-34-20-30-11-14-47-42(30)48-25-34)43(53)49-60(56,57)35-22-39(52(54)55)37-19-28(10-13-46)27-58-40(37)23-35/h3-8,11,14,20-23,25,28H,9-10,12,15-19,24,26-27H2,1-2H3,(H,47,48)(H,49,53)/t28-/m0/s1. The molecule has 1 aliphatic carbocycles. The number of fused-ring (bicyclic) bond motifs is 2. The molecule has 1 saturated heterocycles. The fourth-order valence-electron chi connectivity index (χ4n) is 8.29. The molecule has 16 heteroatoms. The van der Waals surface area contributed by atoms with Crippen molar-refractivity contribution in [2.24, 2.45) is 11.3 Å². The number of ether oxygens (including phenoxy) is 2. The van der Waals surface area contributed by atoms with E-state index >= 15 is 0 Å². The summed E-state index contributed by atoms with van der Waals surface area (Å²) in [7, 11) is -4.65. The zero-order valence-corrected chi connectivity index (χ0v) is 34.8. The molecule has 0 unspecified atom stereocenters. The van der Waals surface area contributed by atoms with Crippen LogP contribution in [0.3, 0.4) is 0 Å². The van der Waals surface area contributed by atoms with Crippen molar-refractivity contribution < 1.29 is 27.6 Å². The Hall–Kier alpha value is -5.95. The van der Waals surface area contributed by atoms with Crippen LogP contribution in [0.2, 0.25) is 5.02 Å². The molecule has 60 heavy (non-hydrogen) atoms. The number of piperazine rings is 1. The zero-order chi connectivity index (χ0) is 42.2. The van der Waals surface area contributed by atoms with Crippen molar-refractivity contribution >= 4 is 55.5 Å². The number of nitrogens with zero attached hydrogens (tertiary/aromatic N) is 5. The van der Waals surface area contributed by atoms with Crippen molar-refractivity contribution in [2.45, 2.75) is 50.8 Å². The maximum absolute atomic E-state index is 13.9. The van der Waals surface area contributed by atoms with Gasteiger partial charge in [-0.15, -0.1) is 0 Å². The van der Waals surface area contributed by atoms with Crippen LogP contribution in [0.5, 0.6) is 17.2 Å². The van der Waals surface area contributed by atoms with Crippen molar-refractivity contribution in [3.8, 4) is 23.3 Å². The average molecular weight is 850 g/mol. The van der Waals surface area contributed by atoms with Gasteiger partial charge in [-0.25, -0.2) is 18.1 Å². The van der Waals surface area contributed by atoms with Gasteiger partial charge in [0.25, 0.3) is 21.6 Å². The van der Waals surface area contributed by atoms with Gasteiger partial charge in [-0.1, -0.05) is 43.2 Å². The van der Waals surface area contributed by atoms with Gasteiger partial charge in [0.2, 0.25) is 0 Å². The van der Waals surface area contributed by atoms with Crippen molar-refractivity contribution in [3.63, 3.8) is 0 Å². The molecule has 5 aromatic rings. The summed E-state index contributed by atoms with van der Waals surface area (Å²) in [5.41, 5.74) is 5.40. The lowest BCUT2D eigenvalue weighted by Crippen LogP contribution is -2.47. The molecule has 0 saturated carbocycles. The van der Waals surface area contributed by atoms with E-state index in [1.807, 2.05) is 24.3 Å². The number of nitrogens with one attached hydrogen (secondary N) is 2. The molecule has 3 aliphatic rings. The second kappa shape index (κ2) is 16.6. The second-order valence-corrected chi connectivity index (χ2v) is 18.5. The topological polar surface area (TPSA) is 184 Å². The predicted molar refractivity (Wildman–Crippen MR) is 228 cm³/mol. The van der Waals surface area contributed by atoms with E-state index in [-0.39, 0.29) is 53.4 Å². The number of aromatic amines is 1. The van der Waals surface area contributed by atoms with Gasteiger partial charge in [0.1, 0.15) is 22.9 Å². The summed E-state index contributed by atoms with van der Waals surface area (Å²) in [6.45, 7) is 8.66. The molecule has 310 valence electrons. The van der Waals surface area contributed by atoms with Gasteiger partial charge in [0.15, 0.2) is 0 Å². The highest BCUT2D eigenvalue weighted by Gasteiger charge is 2.33. The Morgan fingerprint density at radius 2 is 1.90 bits per heavy atom. The van der Waals surface area contributed by atoms with E-state index in [0.29, 0.717) is 24.5 Å². The molecular formula is C44H44ClN7O7S. The van der Waals surface area contributed by atoms with Gasteiger partial charge in [0.05, 0.1) is 39.8 Å². The van der Waals surface area contributed by atoms with Crippen molar-refractivity contribution in [1.29, 1.82) is 5.26 Å². The van der Waals surface area contributed by atoms with Crippen LogP contribution >= 0.6 is 11.6 Å². The summed E-state index contributed by atoms with van der Waals surface area (Å²) >= 11 is 6.23. The van der Waals surface area contributed by atoms with E-state index < -0.39 is 31.4 Å². The number of allylic oxidation sites excluding steroid dienone is 1. The van der Waals surface area contributed by atoms with Crippen LogP contribution < -0.4 is 19.1 Å². The van der Waals surface area contributed by atoms with Crippen LogP contribution in [0.15, 0.2) is 89.6 Å². The smallest absolute Gasteiger partial charge is 0.277 e. The number of aromatic nitrogens is 2. The first-order valence-corrected chi connectivity index (χ1v) is 21.7. The average Bonchev–Trinajstić information content (AvgIpc) is 3.70. The van der Waals surface area contributed by atoms with E-state index in [4.69, 9.17) is 26.3 Å². The van der Waals surface area contributed by atoms with Crippen LogP contribution in [0.1, 0.15) is 61.0 Å². The van der Waals surface area contributed by atoms with E-state index in [2.05, 4.69) is 50.5 Å². The number of benzene rings is 3. The number of hydrogen-bond donors (Lipinski definition) is 2. The number of amides is 1. The maximum Gasteiger partial charge on any atom is 0.277 e. The number of carbonyl (C=O) groups excluding carboxylic acids is 1. The number of halogens is 1. The second-order valence-electron chi connectivity index (χ2n) is 16.4. The molecular weight excluding hydrogens is 806 g/mol. The molecule has 3 aromatic carbocycles. The number of anilines is 1. The van der Waals surface area contributed by atoms with Gasteiger partial charge in [0, 0.05) is 85.6 Å². The SMILES string of the molecule is CC1(C)CCC(CN2CCN(c3ccc(C(=O)NS(=O)(=O)c4cc5c(c([N+](=O)[O-])c4)C[C@H](CC#N)CO5)c(Oc4cnc5[nH]ccc5c4)c3)CC2)=C(c2ccc(Cl)cc2)C1. The highest BCUT2D eigenvalue weighted by Crippen LogP contribution is 2.44. The normalized spacial score (nSPS) is 18.0. The summed E-state index contributed by atoms with van der Waals surface area (Å²) < 4.78 is 41.5. The summed E-state index contributed by atoms with van der Waals surface area (Å²) in [5.74, 6) is -0.812. The summed E-state index contributed by atoms with van der Waals surface area (Å²) in [6, 6.07) is 20.9. The highest BCUT2D eigenvalue weighted by molar-refractivity contribution is 7.90. The summed E-state index contributed by atoms with van der Waals surface area (Å²) in [6.07, 6.45) is 6.74. The Balaban J connectivity index is 1.03. The third-order valence-electron chi connectivity index (χ3n) is 11.6. The zero-order valence-electron chi connectivity index (χ0n) is 33.2. The number of H-pyrrole nitrogens is 1. The first kappa shape index (κ1) is 40.8. The Morgan fingerprint density at radius 3 is 2.65 bits per heavy atom. The van der Waals surface area contributed by atoms with Crippen LogP contribution in [0, 0.1) is 32.8 Å². The van der Waals surface area contributed by atoms with Gasteiger partial charge in [-0.2, -0.15) is 5.26 Å². The molecule has 8 rings (SSSR count). The van der Waals surface area contributed by atoms with E-state index in [0.717, 1.165) is 61.1 Å². The molecule has 2 aliphatic heterocycles. The summed E-state index contributed by atoms with van der Waals surface area (Å²) in [5, 5.41) is 22.7. The molecule has 0 bridgehead atoms. The van der Waals surface area contributed by atoms with E-state index in [9.17, 15) is 23.3 Å². The van der Waals surface area contributed by atoms with Gasteiger partial charge < -0.3 is 19.4 Å². The van der Waals surface area contributed by atoms with Crippen molar-refractivity contribution in [1.82, 2.24) is 19.6 Å². The Bertz CT molecular complexity index is 2670. The minimum absolute atomic E-state index is 0.0220. The molecule has 4 heterocycles. The molecule has 1 atom stereocenters. The fraction of sp³-hybridized carbons (Fsp3) is 0.341. The van der Waals surface area contributed by atoms with Gasteiger partial charge >= 0.3 is 0 Å². The molecule has 2 aromatic heterocycles. The third kappa shape index (κ3) is 8.81. The first-order chi connectivity index (χ1) is 28.7. The number of nitro groups is 1. The fourth-order valence-corrected chi connectivity index (χ4v) is 9.42. The number of nitro benzene ring substituents is 1. The monoisotopic (exact) mass is 849 g/mol. The van der Waals surface area contributed by atoms with Crippen molar-refractivity contribution in [2.75, 3.05) is 44.2 Å². The van der Waals surface area contributed by atoms with E-state index in [1.165, 1.54) is 35.0 Å². The minimum atomic E-state index is -4.65. The van der Waals surface area contributed by atoms with Gasteiger partial charge in [-0.3, -0.25) is 19.8 Å². The lowest BCUT2D eigenvalue weighted by Gasteiger charge is -2.39. The first-order valence-electron chi connectivity index (χ1n) is 19.8. The largest absolute Gasteiger partial charge is 0.493 e. The van der Waals surface area contributed by atoms with Gasteiger partial charge in [-0.05, 0) is 78.6 Å². The highest BCUT2D eigenvalue weighted by atomic mass is 35.5. The maximum atomic E-state index is 13.9. The third-order valence-corrected chi connectivity index (χ3v) is 13.1. The van der Waals surface area contributed by atoms with Crippen LogP contribution in [-0.4, -0.2) is 73.4 Å². The van der Waals surface area contributed by atoms with Crippen LogP contribution in [-0.2, 0) is 16.4 Å². The predicted octanol–water partition coefficient (Wildman–Crippen LogP) is 8.29. The Kier molecular flexibility index (Phi) is 11.3. The summed E-state index contributed by atoms with van der Waals surface area (Å²) in [4.78, 5) is 36.9. The molecule has 14 nitrogen and oxygen atoms in total. The lowest BCUT2D eigenvalue weighted by atomic mass is 9.72.